The molecule has 1 unspecified atom stereocenters. The molecule has 2 fully saturated rings. The molecule has 1 aromatic rings. The molecule has 5 rings (SSSR count). The van der Waals surface area contributed by atoms with E-state index in [0.29, 0.717) is 30.2 Å². The summed E-state index contributed by atoms with van der Waals surface area (Å²) in [5.74, 6) is 1.12. The van der Waals surface area contributed by atoms with Gasteiger partial charge in [0.15, 0.2) is 23.0 Å². The molecule has 0 bridgehead atoms. The number of aldehydes is 1. The van der Waals surface area contributed by atoms with E-state index >= 15 is 0 Å². The van der Waals surface area contributed by atoms with E-state index < -0.39 is 11.1 Å². The first kappa shape index (κ1) is 21.5. The largest absolute Gasteiger partial charge is 0.493 e. The van der Waals surface area contributed by atoms with Gasteiger partial charge in [0, 0.05) is 34.9 Å². The van der Waals surface area contributed by atoms with Crippen LogP contribution in [0, 0.1) is 10.8 Å². The van der Waals surface area contributed by atoms with E-state index in [4.69, 9.17) is 9.47 Å². The summed E-state index contributed by atoms with van der Waals surface area (Å²) in [7, 11) is 1.61. The maximum atomic E-state index is 13.6. The van der Waals surface area contributed by atoms with Crippen LogP contribution in [0.5, 0.6) is 11.5 Å². The fraction of sp³-hybridized carbons (Fsp3) is 0.615. The molecule has 1 N–H and O–H groups in total. The Labute approximate surface area is 189 Å². The Morgan fingerprint density at radius 1 is 1.19 bits per heavy atom. The van der Waals surface area contributed by atoms with Gasteiger partial charge in [0.1, 0.15) is 6.29 Å². The summed E-state index contributed by atoms with van der Waals surface area (Å²) < 4.78 is 11.8. The van der Waals surface area contributed by atoms with Gasteiger partial charge in [-0.2, -0.15) is 0 Å². The Hall–Kier alpha value is -2.34. The predicted molar refractivity (Wildman–Crippen MR) is 122 cm³/mol. The molecule has 1 atom stereocenters. The number of rotatable bonds is 5. The molecule has 0 saturated heterocycles. The van der Waals surface area contributed by atoms with E-state index in [1.54, 1.807) is 20.1 Å². The monoisotopic (exact) mass is 439 g/mol. The van der Waals surface area contributed by atoms with Gasteiger partial charge in [0.2, 0.25) is 0 Å². The Balaban J connectivity index is 1.56. The van der Waals surface area contributed by atoms with Gasteiger partial charge in [0.25, 0.3) is 0 Å². The topological polar surface area (TPSA) is 76.1 Å². The van der Waals surface area contributed by atoms with E-state index in [-0.39, 0.29) is 17.6 Å². The minimum absolute atomic E-state index is 0.0118. The first-order chi connectivity index (χ1) is 15.3. The second kappa shape index (κ2) is 7.62. The zero-order valence-electron chi connectivity index (χ0n) is 19.1. The molecule has 2 aliphatic heterocycles. The van der Waals surface area contributed by atoms with Gasteiger partial charge in [0.05, 0.1) is 19.4 Å². The predicted octanol–water partition coefficient (Wildman–Crippen LogP) is 4.28. The maximum absolute atomic E-state index is 13.6. The zero-order chi connectivity index (χ0) is 22.6. The molecule has 0 aromatic heterocycles. The van der Waals surface area contributed by atoms with Crippen LogP contribution in [-0.4, -0.2) is 43.2 Å². The highest BCUT2D eigenvalue weighted by atomic mass is 16.5. The van der Waals surface area contributed by atoms with E-state index in [0.717, 1.165) is 68.9 Å². The van der Waals surface area contributed by atoms with Crippen LogP contribution in [0.2, 0.25) is 0 Å². The van der Waals surface area contributed by atoms with E-state index in [9.17, 15) is 14.7 Å². The van der Waals surface area contributed by atoms with Crippen molar-refractivity contribution < 1.29 is 24.2 Å². The van der Waals surface area contributed by atoms with Gasteiger partial charge in [-0.3, -0.25) is 4.79 Å². The number of carbonyl (C=O) groups excluding carboxylic acids is 2. The van der Waals surface area contributed by atoms with Crippen molar-refractivity contribution in [2.75, 3.05) is 25.2 Å². The highest BCUT2D eigenvalue weighted by Crippen LogP contribution is 2.56. The first-order valence-corrected chi connectivity index (χ1v) is 11.9. The summed E-state index contributed by atoms with van der Waals surface area (Å²) in [6.45, 7) is 2.89. The molecule has 6 nitrogen and oxygen atoms in total. The van der Waals surface area contributed by atoms with E-state index in [1.807, 2.05) is 17.0 Å². The minimum Gasteiger partial charge on any atom is -0.493 e. The molecule has 1 spiro atoms. The number of ether oxygens (including phenoxy) is 2. The van der Waals surface area contributed by atoms with E-state index in [2.05, 4.69) is 0 Å². The summed E-state index contributed by atoms with van der Waals surface area (Å²) in [4.78, 5) is 27.7. The van der Waals surface area contributed by atoms with Crippen LogP contribution in [0.1, 0.15) is 70.3 Å². The molecule has 0 amide bonds. The average Bonchev–Trinajstić information content (AvgIpc) is 3.59. The third-order valence-electron chi connectivity index (χ3n) is 8.09. The Morgan fingerprint density at radius 3 is 2.53 bits per heavy atom. The Bertz CT molecular complexity index is 967. The zero-order valence-corrected chi connectivity index (χ0v) is 19.1. The van der Waals surface area contributed by atoms with Crippen molar-refractivity contribution in [1.29, 1.82) is 0 Å². The van der Waals surface area contributed by atoms with Gasteiger partial charge >= 0.3 is 0 Å². The fourth-order valence-corrected chi connectivity index (χ4v) is 5.77. The minimum atomic E-state index is -1.48. The summed E-state index contributed by atoms with van der Waals surface area (Å²) in [6, 6.07) is 3.77. The molecule has 2 saturated carbocycles. The molecule has 0 radical (unpaired) electrons. The number of carbonyl (C=O) groups is 2. The van der Waals surface area contributed by atoms with Crippen LogP contribution in [0.4, 0.5) is 5.69 Å². The van der Waals surface area contributed by atoms with Crippen molar-refractivity contribution in [3.8, 4) is 11.5 Å². The van der Waals surface area contributed by atoms with Crippen LogP contribution in [0.15, 0.2) is 17.7 Å². The number of ketones is 1. The number of Topliss-reactive ketones (excluding diaryl/α,β-unsaturated/α-hetero) is 1. The van der Waals surface area contributed by atoms with Crippen LogP contribution in [0.3, 0.4) is 0 Å². The smallest absolute Gasteiger partial charge is 0.185 e. The highest BCUT2D eigenvalue weighted by Gasteiger charge is 2.53. The first-order valence-electron chi connectivity index (χ1n) is 11.9. The van der Waals surface area contributed by atoms with Crippen LogP contribution >= 0.6 is 0 Å². The van der Waals surface area contributed by atoms with E-state index in [1.165, 1.54) is 0 Å². The van der Waals surface area contributed by atoms with Crippen molar-refractivity contribution in [1.82, 2.24) is 0 Å². The lowest BCUT2D eigenvalue weighted by atomic mass is 9.75. The van der Waals surface area contributed by atoms with Crippen molar-refractivity contribution in [2.24, 2.45) is 10.8 Å². The molecule has 6 heteroatoms. The second-order valence-electron chi connectivity index (χ2n) is 10.5. The molecule has 4 aliphatic rings. The van der Waals surface area contributed by atoms with Gasteiger partial charge < -0.3 is 24.3 Å². The Kier molecular flexibility index (Phi) is 5.12. The lowest BCUT2D eigenvalue weighted by Gasteiger charge is -2.44. The van der Waals surface area contributed by atoms with Crippen molar-refractivity contribution in [3.05, 3.63) is 23.3 Å². The van der Waals surface area contributed by atoms with Crippen LogP contribution in [0.25, 0.3) is 6.08 Å². The van der Waals surface area contributed by atoms with Crippen molar-refractivity contribution >= 4 is 23.8 Å². The second-order valence-corrected chi connectivity index (χ2v) is 10.5. The molecule has 172 valence electrons. The number of anilines is 1. The maximum Gasteiger partial charge on any atom is 0.185 e. The SMILES string of the molecule is COc1ccc2c3c1OCC1(CC1)CN3C(C)(O)C(C(=O)CC1(C=O)CCCCCC1)=C2. The summed E-state index contributed by atoms with van der Waals surface area (Å²) in [5.41, 5.74) is -0.117. The number of hydrogen-bond donors (Lipinski definition) is 1. The van der Waals surface area contributed by atoms with Gasteiger partial charge in [-0.1, -0.05) is 25.7 Å². The summed E-state index contributed by atoms with van der Waals surface area (Å²) in [5, 5.41) is 11.8. The number of aliphatic hydroxyl groups is 1. The highest BCUT2D eigenvalue weighted by molar-refractivity contribution is 6.06. The van der Waals surface area contributed by atoms with Gasteiger partial charge in [-0.05, 0) is 50.8 Å². The third-order valence-corrected chi connectivity index (χ3v) is 8.09. The van der Waals surface area contributed by atoms with Crippen molar-refractivity contribution in [3.63, 3.8) is 0 Å². The number of methoxy groups -OCH3 is 1. The molecule has 32 heavy (non-hydrogen) atoms. The number of hydrogen-bond acceptors (Lipinski definition) is 6. The van der Waals surface area contributed by atoms with Crippen LogP contribution < -0.4 is 14.4 Å². The lowest BCUT2D eigenvalue weighted by molar-refractivity contribution is -0.126. The molecule has 2 aliphatic carbocycles. The molecule has 2 heterocycles. The molecule has 1 aromatic carbocycles. The molecular weight excluding hydrogens is 406 g/mol. The lowest BCUT2D eigenvalue weighted by Crippen LogP contribution is -2.54. The quantitative estimate of drug-likeness (QED) is 0.545. The number of nitrogens with zero attached hydrogens (tertiary/aromatic N) is 1. The number of benzene rings is 1. The Morgan fingerprint density at radius 2 is 1.91 bits per heavy atom. The summed E-state index contributed by atoms with van der Waals surface area (Å²) >= 11 is 0. The van der Waals surface area contributed by atoms with Crippen molar-refractivity contribution in [2.45, 2.75) is 70.4 Å². The van der Waals surface area contributed by atoms with Gasteiger partial charge in [-0.25, -0.2) is 0 Å². The molecular formula is C26H33NO5. The fourth-order valence-electron chi connectivity index (χ4n) is 5.77. The van der Waals surface area contributed by atoms with Gasteiger partial charge in [-0.15, -0.1) is 0 Å². The third kappa shape index (κ3) is 3.43. The standard InChI is InChI=1S/C26H33NO5/c1-24(30)19(20(29)14-25(16-28)9-5-3-4-6-10-25)13-18-7-8-21(31-2)23-22(18)27(24)15-26(11-12-26)17-32-23/h7-8,13,16,30H,3-6,9-12,14-15,17H2,1-2H3. The van der Waals surface area contributed by atoms with Crippen LogP contribution in [-0.2, 0) is 9.59 Å². The average molecular weight is 440 g/mol. The summed E-state index contributed by atoms with van der Waals surface area (Å²) in [6.07, 6.45) is 10.7. The normalized spacial score (nSPS) is 27.3.